The lowest BCUT2D eigenvalue weighted by Gasteiger charge is -2.45. The summed E-state index contributed by atoms with van der Waals surface area (Å²) >= 11 is 0. The third-order valence-electron chi connectivity index (χ3n) is 5.93. The van der Waals surface area contributed by atoms with E-state index in [1.807, 2.05) is 12.1 Å². The lowest BCUT2D eigenvalue weighted by molar-refractivity contribution is -0.0789. The maximum atomic E-state index is 10.6. The Morgan fingerprint density at radius 3 is 2.75 bits per heavy atom. The van der Waals surface area contributed by atoms with E-state index in [4.69, 9.17) is 14.2 Å². The van der Waals surface area contributed by atoms with Crippen LogP contribution in [0.5, 0.6) is 11.5 Å². The van der Waals surface area contributed by atoms with Crippen LogP contribution in [0.2, 0.25) is 0 Å². The molecule has 2 N–H and O–H groups in total. The molecule has 24 heavy (non-hydrogen) atoms. The van der Waals surface area contributed by atoms with Gasteiger partial charge in [0.15, 0.2) is 11.5 Å². The zero-order valence-corrected chi connectivity index (χ0v) is 14.1. The molecule has 0 spiro atoms. The van der Waals surface area contributed by atoms with Crippen LogP contribution < -0.4 is 9.47 Å². The van der Waals surface area contributed by atoms with Crippen LogP contribution in [-0.2, 0) is 11.3 Å². The summed E-state index contributed by atoms with van der Waals surface area (Å²) in [6, 6.07) is 4.12. The highest BCUT2D eigenvalue weighted by molar-refractivity contribution is 5.50. The molecule has 0 unspecified atom stereocenters. The summed E-state index contributed by atoms with van der Waals surface area (Å²) in [5.41, 5.74) is 1.82. The molecule has 1 aromatic rings. The monoisotopic (exact) mass is 335 g/mol. The number of likely N-dealkylation sites (N-methyl/N-ethyl adjacent to an activating group) is 1. The zero-order chi connectivity index (χ0) is 16.8. The molecular formula is C18H25NO5. The summed E-state index contributed by atoms with van der Waals surface area (Å²) in [6.07, 6.45) is 1.06. The van der Waals surface area contributed by atoms with E-state index >= 15 is 0 Å². The maximum Gasteiger partial charge on any atom is 0.231 e. The molecule has 2 aliphatic heterocycles. The van der Waals surface area contributed by atoms with Gasteiger partial charge in [-0.05, 0) is 55.6 Å². The van der Waals surface area contributed by atoms with E-state index in [-0.39, 0.29) is 25.4 Å². The van der Waals surface area contributed by atoms with E-state index in [0.29, 0.717) is 23.5 Å². The molecule has 4 rings (SSSR count). The lowest BCUT2D eigenvalue weighted by atomic mass is 9.70. The lowest BCUT2D eigenvalue weighted by Crippen LogP contribution is -2.51. The molecule has 3 aliphatic rings. The number of rotatable bonds is 3. The van der Waals surface area contributed by atoms with Gasteiger partial charge in [-0.2, -0.15) is 0 Å². The fourth-order valence-corrected chi connectivity index (χ4v) is 4.86. The first kappa shape index (κ1) is 16.1. The average molecular weight is 335 g/mol. The SMILES string of the molecule is CO[C@H]1[C@@H](c2cc3c(cc2CO)OCO3)[C@@H]2[C@H](CCN2C)C[C@H]1O. The van der Waals surface area contributed by atoms with Crippen molar-refractivity contribution in [2.75, 3.05) is 27.5 Å². The number of likely N-dealkylation sites (tertiary alicyclic amines) is 1. The number of nitrogens with zero attached hydrogens (tertiary/aromatic N) is 1. The van der Waals surface area contributed by atoms with Crippen molar-refractivity contribution in [3.05, 3.63) is 23.3 Å². The highest BCUT2D eigenvalue weighted by Gasteiger charge is 2.50. The minimum atomic E-state index is -0.496. The Balaban J connectivity index is 1.82. The Hall–Kier alpha value is -1.34. The number of fused-ring (bicyclic) bond motifs is 2. The standard InChI is InChI=1S/C18H25NO5/c1-19-4-3-10-5-13(21)18(22-2)16(17(10)19)12-7-15-14(23-9-24-15)6-11(12)8-20/h6-7,10,13,16-18,20-21H,3-5,8-9H2,1-2H3/t10-,13-,16+,17+,18-/m1/s1. The number of aliphatic hydroxyl groups is 2. The van der Waals surface area contributed by atoms with Crippen LogP contribution in [0.15, 0.2) is 12.1 Å². The predicted octanol–water partition coefficient (Wildman–Crippen LogP) is 1.09. The van der Waals surface area contributed by atoms with E-state index < -0.39 is 6.10 Å². The van der Waals surface area contributed by atoms with E-state index in [9.17, 15) is 10.2 Å². The molecule has 2 heterocycles. The second kappa shape index (κ2) is 6.19. The summed E-state index contributed by atoms with van der Waals surface area (Å²) < 4.78 is 16.7. The van der Waals surface area contributed by atoms with Crippen LogP contribution in [0.4, 0.5) is 0 Å². The van der Waals surface area contributed by atoms with Crippen LogP contribution in [0.1, 0.15) is 29.9 Å². The van der Waals surface area contributed by atoms with Crippen molar-refractivity contribution in [1.29, 1.82) is 0 Å². The minimum Gasteiger partial charge on any atom is -0.454 e. The molecule has 1 aliphatic carbocycles. The Kier molecular flexibility index (Phi) is 4.16. The first-order valence-electron chi connectivity index (χ1n) is 8.58. The Labute approximate surface area is 141 Å². The van der Waals surface area contributed by atoms with Crippen molar-refractivity contribution in [3.63, 3.8) is 0 Å². The van der Waals surface area contributed by atoms with E-state index in [0.717, 1.165) is 30.5 Å². The van der Waals surface area contributed by atoms with Crippen LogP contribution in [0.25, 0.3) is 0 Å². The summed E-state index contributed by atoms with van der Waals surface area (Å²) in [6.45, 7) is 1.15. The smallest absolute Gasteiger partial charge is 0.231 e. The van der Waals surface area contributed by atoms with Gasteiger partial charge in [-0.15, -0.1) is 0 Å². The van der Waals surface area contributed by atoms with Gasteiger partial charge in [0, 0.05) is 19.1 Å². The van der Waals surface area contributed by atoms with Gasteiger partial charge in [-0.3, -0.25) is 0 Å². The maximum absolute atomic E-state index is 10.6. The summed E-state index contributed by atoms with van der Waals surface area (Å²) in [4.78, 5) is 2.36. The fourth-order valence-electron chi connectivity index (χ4n) is 4.86. The van der Waals surface area contributed by atoms with Crippen LogP contribution >= 0.6 is 0 Å². The third kappa shape index (κ3) is 2.40. The van der Waals surface area contributed by atoms with Crippen molar-refractivity contribution in [1.82, 2.24) is 4.90 Å². The number of hydrogen-bond donors (Lipinski definition) is 2. The first-order chi connectivity index (χ1) is 11.6. The fraction of sp³-hybridized carbons (Fsp3) is 0.667. The van der Waals surface area contributed by atoms with Crippen molar-refractivity contribution in [2.45, 2.75) is 43.6 Å². The zero-order valence-electron chi connectivity index (χ0n) is 14.1. The molecule has 1 aromatic carbocycles. The van der Waals surface area contributed by atoms with Crippen molar-refractivity contribution in [3.8, 4) is 11.5 Å². The van der Waals surface area contributed by atoms with Crippen molar-refractivity contribution in [2.24, 2.45) is 5.92 Å². The molecule has 0 amide bonds. The quantitative estimate of drug-likeness (QED) is 0.862. The van der Waals surface area contributed by atoms with Crippen LogP contribution in [-0.4, -0.2) is 60.9 Å². The van der Waals surface area contributed by atoms with E-state index in [1.165, 1.54) is 0 Å². The largest absolute Gasteiger partial charge is 0.454 e. The van der Waals surface area contributed by atoms with Gasteiger partial charge in [-0.1, -0.05) is 0 Å². The normalized spacial score (nSPS) is 35.2. The van der Waals surface area contributed by atoms with Gasteiger partial charge in [0.25, 0.3) is 0 Å². The second-order valence-electron chi connectivity index (χ2n) is 7.11. The second-order valence-corrected chi connectivity index (χ2v) is 7.11. The Morgan fingerprint density at radius 1 is 1.29 bits per heavy atom. The third-order valence-corrected chi connectivity index (χ3v) is 5.93. The minimum absolute atomic E-state index is 0.00657. The molecule has 0 bridgehead atoms. The number of hydrogen-bond acceptors (Lipinski definition) is 6. The molecule has 0 radical (unpaired) electrons. The molecule has 6 nitrogen and oxygen atoms in total. The Morgan fingerprint density at radius 2 is 2.04 bits per heavy atom. The number of benzene rings is 1. The molecule has 2 fully saturated rings. The topological polar surface area (TPSA) is 71.4 Å². The van der Waals surface area contributed by atoms with Crippen LogP contribution in [0.3, 0.4) is 0 Å². The molecular weight excluding hydrogens is 310 g/mol. The van der Waals surface area contributed by atoms with Gasteiger partial charge in [0.2, 0.25) is 6.79 Å². The van der Waals surface area contributed by atoms with Gasteiger partial charge in [0.05, 0.1) is 18.8 Å². The van der Waals surface area contributed by atoms with Gasteiger partial charge in [-0.25, -0.2) is 0 Å². The molecule has 1 saturated carbocycles. The summed E-state index contributed by atoms with van der Waals surface area (Å²) in [5.74, 6) is 1.81. The van der Waals surface area contributed by atoms with Gasteiger partial charge in [0.1, 0.15) is 0 Å². The van der Waals surface area contributed by atoms with Gasteiger partial charge < -0.3 is 29.3 Å². The van der Waals surface area contributed by atoms with E-state index in [1.54, 1.807) is 7.11 Å². The van der Waals surface area contributed by atoms with E-state index in [2.05, 4.69) is 11.9 Å². The molecule has 1 saturated heterocycles. The highest BCUT2D eigenvalue weighted by atomic mass is 16.7. The Bertz CT molecular complexity index is 622. The summed E-state index contributed by atoms with van der Waals surface area (Å²) in [5, 5.41) is 20.5. The molecule has 132 valence electrons. The summed E-state index contributed by atoms with van der Waals surface area (Å²) in [7, 11) is 3.79. The van der Waals surface area contributed by atoms with Crippen molar-refractivity contribution >= 4 is 0 Å². The van der Waals surface area contributed by atoms with Crippen LogP contribution in [0, 0.1) is 5.92 Å². The molecule has 0 aromatic heterocycles. The predicted molar refractivity (Wildman–Crippen MR) is 87.2 cm³/mol. The van der Waals surface area contributed by atoms with Gasteiger partial charge >= 0.3 is 0 Å². The highest BCUT2D eigenvalue weighted by Crippen LogP contribution is 2.48. The van der Waals surface area contributed by atoms with Crippen molar-refractivity contribution < 1.29 is 24.4 Å². The number of methoxy groups -OCH3 is 1. The molecule has 6 heteroatoms. The number of ether oxygens (including phenoxy) is 3. The average Bonchev–Trinajstić information content (AvgIpc) is 3.18. The number of aliphatic hydroxyl groups excluding tert-OH is 2. The molecule has 5 atom stereocenters. The first-order valence-corrected chi connectivity index (χ1v) is 8.58.